The first-order valence-electron chi connectivity index (χ1n) is 8.32. The number of rotatable bonds is 2. The van der Waals surface area contributed by atoms with Gasteiger partial charge in [-0.15, -0.1) is 0 Å². The van der Waals surface area contributed by atoms with E-state index in [2.05, 4.69) is 31.1 Å². The molecule has 3 aromatic rings. The first-order valence-corrected chi connectivity index (χ1v) is 9.11. The number of hydrogen-bond acceptors (Lipinski definition) is 5. The first kappa shape index (κ1) is 17.8. The lowest BCUT2D eigenvalue weighted by molar-refractivity contribution is 0.0910. The lowest BCUT2D eigenvalue weighted by Gasteiger charge is -2.29. The van der Waals surface area contributed by atoms with Crippen LogP contribution < -0.4 is 5.56 Å². The third-order valence-electron chi connectivity index (χ3n) is 4.49. The van der Waals surface area contributed by atoms with Gasteiger partial charge in [-0.2, -0.15) is 4.98 Å². The normalized spacial score (nSPS) is 15.6. The van der Waals surface area contributed by atoms with Crippen molar-refractivity contribution in [2.45, 2.75) is 26.7 Å². The van der Waals surface area contributed by atoms with E-state index in [1.54, 1.807) is 6.07 Å². The van der Waals surface area contributed by atoms with Crippen LogP contribution in [0.3, 0.4) is 0 Å². The molecule has 0 amide bonds. The summed E-state index contributed by atoms with van der Waals surface area (Å²) in [6.45, 7) is 3.98. The molecule has 0 unspecified atom stereocenters. The molecule has 0 aliphatic heterocycles. The van der Waals surface area contributed by atoms with Gasteiger partial charge in [0, 0.05) is 27.7 Å². The maximum absolute atomic E-state index is 13.6. The Morgan fingerprint density at radius 1 is 1.15 bits per heavy atom. The van der Waals surface area contributed by atoms with E-state index in [4.69, 9.17) is 4.52 Å². The van der Waals surface area contributed by atoms with Gasteiger partial charge in [-0.25, -0.2) is 4.39 Å². The fourth-order valence-corrected chi connectivity index (χ4v) is 3.79. The summed E-state index contributed by atoms with van der Waals surface area (Å²) in [5.74, 6) is -0.361. The van der Waals surface area contributed by atoms with Crippen molar-refractivity contribution in [2.75, 3.05) is 0 Å². The van der Waals surface area contributed by atoms with Crippen LogP contribution in [0.4, 0.5) is 4.39 Å². The minimum absolute atomic E-state index is 0.0212. The van der Waals surface area contributed by atoms with Gasteiger partial charge in [0.05, 0.1) is 0 Å². The van der Waals surface area contributed by atoms with Gasteiger partial charge < -0.3 is 9.51 Å². The first-order chi connectivity index (χ1) is 12.7. The Labute approximate surface area is 161 Å². The molecule has 0 fully saturated rings. The summed E-state index contributed by atoms with van der Waals surface area (Å²) in [6.07, 6.45) is 1.01. The largest absolute Gasteiger partial charge is 0.333 e. The van der Waals surface area contributed by atoms with E-state index in [9.17, 15) is 14.0 Å². The van der Waals surface area contributed by atoms with Crippen molar-refractivity contribution in [2.24, 2.45) is 5.41 Å². The summed E-state index contributed by atoms with van der Waals surface area (Å²) in [4.78, 5) is 31.9. The molecule has 0 atom stereocenters. The van der Waals surface area contributed by atoms with Crippen molar-refractivity contribution in [1.82, 2.24) is 15.1 Å². The van der Waals surface area contributed by atoms with Gasteiger partial charge >= 0.3 is 0 Å². The Morgan fingerprint density at radius 2 is 1.93 bits per heavy atom. The molecular formula is C19H15BrFN3O3. The van der Waals surface area contributed by atoms with Crippen LogP contribution >= 0.6 is 15.9 Å². The van der Waals surface area contributed by atoms with Gasteiger partial charge in [-0.05, 0) is 36.1 Å². The number of pyridine rings is 1. The van der Waals surface area contributed by atoms with E-state index in [-0.39, 0.29) is 28.5 Å². The van der Waals surface area contributed by atoms with E-state index >= 15 is 0 Å². The van der Waals surface area contributed by atoms with Crippen molar-refractivity contribution >= 4 is 21.7 Å². The van der Waals surface area contributed by atoms with Crippen molar-refractivity contribution in [3.05, 3.63) is 56.2 Å². The fraction of sp³-hybridized carbons (Fsp3) is 0.263. The zero-order valence-corrected chi connectivity index (χ0v) is 16.2. The molecule has 6 nitrogen and oxygen atoms in total. The predicted molar refractivity (Wildman–Crippen MR) is 99.9 cm³/mol. The molecule has 2 aromatic heterocycles. The second-order valence-corrected chi connectivity index (χ2v) is 8.34. The Balaban J connectivity index is 1.77. The fourth-order valence-electron chi connectivity index (χ4n) is 3.32. The molecule has 1 aromatic carbocycles. The van der Waals surface area contributed by atoms with Crippen LogP contribution in [0.15, 0.2) is 38.1 Å². The smallest absolute Gasteiger partial charge is 0.263 e. The number of aromatic nitrogens is 3. The molecule has 0 bridgehead atoms. The Hall–Kier alpha value is -2.61. The summed E-state index contributed by atoms with van der Waals surface area (Å²) >= 11 is 3.21. The third-order valence-corrected chi connectivity index (χ3v) is 4.95. The third kappa shape index (κ3) is 3.37. The van der Waals surface area contributed by atoms with Crippen molar-refractivity contribution < 1.29 is 13.7 Å². The topological polar surface area (TPSA) is 88.8 Å². The monoisotopic (exact) mass is 431 g/mol. The van der Waals surface area contributed by atoms with Crippen molar-refractivity contribution in [3.63, 3.8) is 0 Å². The van der Waals surface area contributed by atoms with Gasteiger partial charge in [-0.1, -0.05) is 34.9 Å². The van der Waals surface area contributed by atoms with E-state index < -0.39 is 11.4 Å². The number of benzene rings is 1. The molecule has 8 heteroatoms. The van der Waals surface area contributed by atoms with Gasteiger partial charge in [-0.3, -0.25) is 9.59 Å². The number of aromatic amines is 1. The minimum atomic E-state index is -0.453. The second-order valence-electron chi connectivity index (χ2n) is 7.43. The SMILES string of the molecule is CC1(C)CC(=O)c2cc(-c3nc(-c4cc(F)cc(Br)c4)no3)c(=O)[nH]c2C1. The molecule has 0 saturated carbocycles. The molecular weight excluding hydrogens is 417 g/mol. The highest BCUT2D eigenvalue weighted by molar-refractivity contribution is 9.10. The molecule has 1 aliphatic rings. The summed E-state index contributed by atoms with van der Waals surface area (Å²) in [7, 11) is 0. The van der Waals surface area contributed by atoms with Gasteiger partial charge in [0.15, 0.2) is 5.78 Å². The zero-order valence-electron chi connectivity index (χ0n) is 14.6. The summed E-state index contributed by atoms with van der Waals surface area (Å²) in [5.41, 5.74) is 1.02. The number of nitrogens with one attached hydrogen (secondary N) is 1. The average Bonchev–Trinajstić information content (AvgIpc) is 3.02. The lowest BCUT2D eigenvalue weighted by atomic mass is 9.75. The molecule has 138 valence electrons. The summed E-state index contributed by atoms with van der Waals surface area (Å²) in [5, 5.41) is 3.83. The molecule has 1 N–H and O–H groups in total. The van der Waals surface area contributed by atoms with Crippen LogP contribution in [0, 0.1) is 11.2 Å². The number of ketones is 1. The Kier molecular flexibility index (Phi) is 4.10. The minimum Gasteiger partial charge on any atom is -0.333 e. The van der Waals surface area contributed by atoms with Gasteiger partial charge in [0.2, 0.25) is 5.82 Å². The number of fused-ring (bicyclic) bond motifs is 1. The summed E-state index contributed by atoms with van der Waals surface area (Å²) in [6, 6.07) is 5.72. The standard InChI is InChI=1S/C19H15BrFN3O3/c1-19(2)7-14-12(15(25)8-19)6-13(17(26)22-14)18-23-16(24-27-18)9-3-10(20)5-11(21)4-9/h3-6H,7-8H2,1-2H3,(H,22,26). The van der Waals surface area contributed by atoms with Gasteiger partial charge in [0.1, 0.15) is 11.4 Å². The van der Waals surface area contributed by atoms with E-state index in [0.29, 0.717) is 34.1 Å². The molecule has 0 spiro atoms. The predicted octanol–water partition coefficient (Wildman–Crippen LogP) is 4.15. The van der Waals surface area contributed by atoms with E-state index in [0.717, 1.165) is 0 Å². The van der Waals surface area contributed by atoms with Gasteiger partial charge in [0.25, 0.3) is 11.4 Å². The van der Waals surface area contributed by atoms with Crippen LogP contribution in [-0.2, 0) is 6.42 Å². The van der Waals surface area contributed by atoms with Crippen LogP contribution in [0.2, 0.25) is 0 Å². The highest BCUT2D eigenvalue weighted by Gasteiger charge is 2.32. The number of halogens is 2. The van der Waals surface area contributed by atoms with Crippen LogP contribution in [0.1, 0.15) is 36.3 Å². The van der Waals surface area contributed by atoms with Crippen LogP contribution in [0.5, 0.6) is 0 Å². The maximum Gasteiger partial charge on any atom is 0.263 e. The number of carbonyl (C=O) groups excluding carboxylic acids is 1. The molecule has 2 heterocycles. The number of H-pyrrole nitrogens is 1. The van der Waals surface area contributed by atoms with Crippen molar-refractivity contribution in [1.29, 1.82) is 0 Å². The molecule has 27 heavy (non-hydrogen) atoms. The molecule has 4 rings (SSSR count). The molecule has 0 saturated heterocycles. The Morgan fingerprint density at radius 3 is 2.67 bits per heavy atom. The lowest BCUT2D eigenvalue weighted by Crippen LogP contribution is -2.30. The summed E-state index contributed by atoms with van der Waals surface area (Å²) < 4.78 is 19.3. The zero-order chi connectivity index (χ0) is 19.3. The van der Waals surface area contributed by atoms with Crippen molar-refractivity contribution in [3.8, 4) is 22.8 Å². The number of nitrogens with zero attached hydrogens (tertiary/aromatic N) is 2. The molecule has 1 aliphatic carbocycles. The second kappa shape index (κ2) is 6.23. The quantitative estimate of drug-likeness (QED) is 0.658. The maximum atomic E-state index is 13.6. The highest BCUT2D eigenvalue weighted by atomic mass is 79.9. The van der Waals surface area contributed by atoms with Crippen LogP contribution in [-0.4, -0.2) is 20.9 Å². The molecule has 0 radical (unpaired) electrons. The number of Topliss-reactive ketones (excluding diaryl/α,β-unsaturated/α-hetero) is 1. The Bertz CT molecular complexity index is 1110. The highest BCUT2D eigenvalue weighted by Crippen LogP contribution is 2.34. The average molecular weight is 432 g/mol. The van der Waals surface area contributed by atoms with E-state index in [1.807, 2.05) is 13.8 Å². The number of hydrogen-bond donors (Lipinski definition) is 1. The van der Waals surface area contributed by atoms with E-state index in [1.165, 1.54) is 18.2 Å². The number of carbonyl (C=O) groups is 1. The van der Waals surface area contributed by atoms with Crippen LogP contribution in [0.25, 0.3) is 22.8 Å².